The van der Waals surface area contributed by atoms with Crippen LogP contribution in [0.15, 0.2) is 53.4 Å². The zero-order valence-corrected chi connectivity index (χ0v) is 16.0. The Kier molecular flexibility index (Phi) is 5.64. The second-order valence-electron chi connectivity index (χ2n) is 6.28. The summed E-state index contributed by atoms with van der Waals surface area (Å²) >= 11 is 6.29. The minimum absolute atomic E-state index is 0.121. The fourth-order valence-electron chi connectivity index (χ4n) is 3.22. The summed E-state index contributed by atoms with van der Waals surface area (Å²) in [6, 6.07) is 16.0. The van der Waals surface area contributed by atoms with Crippen LogP contribution in [0.1, 0.15) is 24.1 Å². The lowest BCUT2D eigenvalue weighted by atomic mass is 10.1. The van der Waals surface area contributed by atoms with Gasteiger partial charge in [0.2, 0.25) is 10.0 Å². The van der Waals surface area contributed by atoms with E-state index < -0.39 is 10.0 Å². The van der Waals surface area contributed by atoms with E-state index in [-0.39, 0.29) is 10.9 Å². The molecule has 0 aliphatic carbocycles. The Hall–Kier alpha value is -1.91. The Balaban J connectivity index is 1.72. The number of nitriles is 1. The maximum absolute atomic E-state index is 12.8. The molecule has 1 unspecified atom stereocenters. The second-order valence-corrected chi connectivity index (χ2v) is 8.62. The van der Waals surface area contributed by atoms with Gasteiger partial charge in [0.25, 0.3) is 0 Å². The molecule has 1 aliphatic rings. The van der Waals surface area contributed by atoms with Crippen molar-refractivity contribution in [3.63, 3.8) is 0 Å². The molecule has 0 bridgehead atoms. The molecule has 1 aliphatic heterocycles. The summed E-state index contributed by atoms with van der Waals surface area (Å²) in [6.45, 7) is 4.16. The summed E-state index contributed by atoms with van der Waals surface area (Å²) in [5.74, 6) is 0. The van der Waals surface area contributed by atoms with E-state index in [1.165, 1.54) is 16.4 Å². The first-order valence-electron chi connectivity index (χ1n) is 8.42. The van der Waals surface area contributed by atoms with Crippen LogP contribution in [0.5, 0.6) is 0 Å². The van der Waals surface area contributed by atoms with Crippen molar-refractivity contribution < 1.29 is 8.42 Å². The molecule has 1 heterocycles. The van der Waals surface area contributed by atoms with Crippen LogP contribution in [-0.4, -0.2) is 43.8 Å². The first kappa shape index (κ1) is 18.9. The van der Waals surface area contributed by atoms with Gasteiger partial charge in [0, 0.05) is 37.2 Å². The zero-order chi connectivity index (χ0) is 18.7. The monoisotopic (exact) mass is 389 g/mol. The predicted molar refractivity (Wildman–Crippen MR) is 101 cm³/mol. The number of hydrogen-bond donors (Lipinski definition) is 0. The number of benzene rings is 2. The van der Waals surface area contributed by atoms with Crippen molar-refractivity contribution in [1.82, 2.24) is 9.21 Å². The molecule has 26 heavy (non-hydrogen) atoms. The third kappa shape index (κ3) is 3.76. The van der Waals surface area contributed by atoms with Crippen molar-refractivity contribution in [2.24, 2.45) is 0 Å². The highest BCUT2D eigenvalue weighted by molar-refractivity contribution is 7.89. The molecular weight excluding hydrogens is 370 g/mol. The molecule has 2 aromatic carbocycles. The highest BCUT2D eigenvalue weighted by atomic mass is 35.5. The molecule has 5 nitrogen and oxygen atoms in total. The molecule has 136 valence electrons. The Morgan fingerprint density at radius 2 is 1.77 bits per heavy atom. The zero-order valence-electron chi connectivity index (χ0n) is 14.5. The minimum atomic E-state index is -3.59. The average Bonchev–Trinajstić information content (AvgIpc) is 2.68. The third-order valence-electron chi connectivity index (χ3n) is 4.78. The minimum Gasteiger partial charge on any atom is -0.294 e. The topological polar surface area (TPSA) is 64.4 Å². The van der Waals surface area contributed by atoms with Crippen LogP contribution >= 0.6 is 11.6 Å². The first-order valence-corrected chi connectivity index (χ1v) is 10.2. The molecule has 7 heteroatoms. The largest absolute Gasteiger partial charge is 0.294 e. The van der Waals surface area contributed by atoms with Crippen LogP contribution in [0, 0.1) is 11.3 Å². The summed E-state index contributed by atoms with van der Waals surface area (Å²) in [4.78, 5) is 2.41. The summed E-state index contributed by atoms with van der Waals surface area (Å²) in [5, 5.41) is 9.71. The van der Waals surface area contributed by atoms with Crippen molar-refractivity contribution >= 4 is 21.6 Å². The fourth-order valence-corrected chi connectivity index (χ4v) is 4.98. The highest BCUT2D eigenvalue weighted by Crippen LogP contribution is 2.28. The van der Waals surface area contributed by atoms with Gasteiger partial charge in [0.15, 0.2) is 0 Å². The lowest BCUT2D eigenvalue weighted by Gasteiger charge is -2.37. The molecule has 1 saturated heterocycles. The molecule has 0 N–H and O–H groups in total. The van der Waals surface area contributed by atoms with Gasteiger partial charge in [-0.25, -0.2) is 8.42 Å². The van der Waals surface area contributed by atoms with E-state index in [4.69, 9.17) is 16.9 Å². The number of piperazine rings is 1. The van der Waals surface area contributed by atoms with Gasteiger partial charge < -0.3 is 0 Å². The van der Waals surface area contributed by atoms with Crippen LogP contribution in [-0.2, 0) is 10.0 Å². The van der Waals surface area contributed by atoms with Gasteiger partial charge in [0.05, 0.1) is 16.5 Å². The average molecular weight is 390 g/mol. The molecule has 0 aromatic heterocycles. The Morgan fingerprint density at radius 1 is 1.08 bits per heavy atom. The van der Waals surface area contributed by atoms with Gasteiger partial charge in [-0.05, 0) is 36.8 Å². The maximum atomic E-state index is 12.8. The summed E-state index contributed by atoms with van der Waals surface area (Å²) in [6.07, 6.45) is 0. The summed E-state index contributed by atoms with van der Waals surface area (Å²) in [7, 11) is -3.59. The van der Waals surface area contributed by atoms with E-state index in [1.54, 1.807) is 12.1 Å². The Labute approximate surface area is 159 Å². The normalized spacial score (nSPS) is 17.6. The summed E-state index contributed by atoms with van der Waals surface area (Å²) < 4.78 is 27.2. The van der Waals surface area contributed by atoms with Gasteiger partial charge in [-0.2, -0.15) is 9.57 Å². The Morgan fingerprint density at radius 3 is 2.42 bits per heavy atom. The lowest BCUT2D eigenvalue weighted by molar-refractivity contribution is 0.146. The van der Waals surface area contributed by atoms with Crippen LogP contribution in [0.2, 0.25) is 5.02 Å². The van der Waals surface area contributed by atoms with Gasteiger partial charge in [0.1, 0.15) is 0 Å². The number of nitrogens with zero attached hydrogens (tertiary/aromatic N) is 3. The van der Waals surface area contributed by atoms with Crippen molar-refractivity contribution in [2.75, 3.05) is 26.2 Å². The highest BCUT2D eigenvalue weighted by Gasteiger charge is 2.30. The van der Waals surface area contributed by atoms with Crippen molar-refractivity contribution in [3.8, 4) is 6.07 Å². The smallest absolute Gasteiger partial charge is 0.243 e. The molecule has 0 amide bonds. The molecule has 0 spiro atoms. The standard InChI is InChI=1S/C19H20ClN3O2S/c1-15(18-7-2-3-8-19(18)20)22-9-11-23(12-10-22)26(24,25)17-6-4-5-16(13-17)14-21/h2-8,13,15H,9-12H2,1H3. The second kappa shape index (κ2) is 7.77. The molecule has 0 radical (unpaired) electrons. The SMILES string of the molecule is CC(c1ccccc1Cl)N1CCN(S(=O)(=O)c2cccc(C#N)c2)CC1. The van der Waals surface area contributed by atoms with Crippen molar-refractivity contribution in [3.05, 3.63) is 64.7 Å². The molecular formula is C19H20ClN3O2S. The van der Waals surface area contributed by atoms with Gasteiger partial charge in [-0.15, -0.1) is 0 Å². The molecule has 1 fully saturated rings. The van der Waals surface area contributed by atoms with E-state index in [0.717, 1.165) is 10.6 Å². The van der Waals surface area contributed by atoms with Gasteiger partial charge in [-0.3, -0.25) is 4.90 Å². The fraction of sp³-hybridized carbons (Fsp3) is 0.316. The van der Waals surface area contributed by atoms with E-state index in [0.29, 0.717) is 31.7 Å². The van der Waals surface area contributed by atoms with Gasteiger partial charge >= 0.3 is 0 Å². The molecule has 0 saturated carbocycles. The quantitative estimate of drug-likeness (QED) is 0.804. The van der Waals surface area contributed by atoms with Crippen molar-refractivity contribution in [2.45, 2.75) is 17.9 Å². The third-order valence-corrected chi connectivity index (χ3v) is 7.02. The maximum Gasteiger partial charge on any atom is 0.243 e. The van der Waals surface area contributed by atoms with Crippen LogP contribution < -0.4 is 0 Å². The number of hydrogen-bond acceptors (Lipinski definition) is 4. The van der Waals surface area contributed by atoms with E-state index >= 15 is 0 Å². The predicted octanol–water partition coefficient (Wildman–Crippen LogP) is 3.28. The van der Waals surface area contributed by atoms with Crippen LogP contribution in [0.25, 0.3) is 0 Å². The first-order chi connectivity index (χ1) is 12.4. The van der Waals surface area contributed by atoms with E-state index in [2.05, 4.69) is 11.8 Å². The number of halogens is 1. The number of rotatable bonds is 4. The Bertz CT molecular complexity index is 932. The van der Waals surface area contributed by atoms with E-state index in [1.807, 2.05) is 30.3 Å². The van der Waals surface area contributed by atoms with Crippen LogP contribution in [0.3, 0.4) is 0 Å². The molecule has 1 atom stereocenters. The van der Waals surface area contributed by atoms with Gasteiger partial charge in [-0.1, -0.05) is 35.9 Å². The van der Waals surface area contributed by atoms with E-state index in [9.17, 15) is 8.42 Å². The number of sulfonamides is 1. The van der Waals surface area contributed by atoms with Crippen molar-refractivity contribution in [1.29, 1.82) is 5.26 Å². The lowest BCUT2D eigenvalue weighted by Crippen LogP contribution is -2.49. The van der Waals surface area contributed by atoms with Crippen LogP contribution in [0.4, 0.5) is 0 Å². The molecule has 3 rings (SSSR count). The molecule has 2 aromatic rings. The summed E-state index contributed by atoms with van der Waals surface area (Å²) in [5.41, 5.74) is 1.39.